The van der Waals surface area contributed by atoms with Crippen molar-refractivity contribution in [3.63, 3.8) is 0 Å². The van der Waals surface area contributed by atoms with Gasteiger partial charge in [0.1, 0.15) is 5.82 Å². The van der Waals surface area contributed by atoms with E-state index < -0.39 is 5.82 Å². The van der Waals surface area contributed by atoms with Crippen LogP contribution < -0.4 is 5.32 Å². The molecule has 2 N–H and O–H groups in total. The van der Waals surface area contributed by atoms with Crippen LogP contribution in [0.3, 0.4) is 0 Å². The highest BCUT2D eigenvalue weighted by atomic mass is 19.1. The second-order valence-corrected chi connectivity index (χ2v) is 4.52. The molecular weight excluding hydrogens is 221 g/mol. The van der Waals surface area contributed by atoms with Crippen molar-refractivity contribution in [1.82, 2.24) is 5.32 Å². The van der Waals surface area contributed by atoms with Gasteiger partial charge in [-0.25, -0.2) is 4.39 Å². The van der Waals surface area contributed by atoms with E-state index in [0.717, 1.165) is 0 Å². The maximum atomic E-state index is 13.1. The molecule has 0 aliphatic rings. The van der Waals surface area contributed by atoms with Gasteiger partial charge >= 0.3 is 0 Å². The number of amides is 1. The predicted octanol–water partition coefficient (Wildman–Crippen LogP) is 1.88. The predicted molar refractivity (Wildman–Crippen MR) is 64.3 cm³/mol. The zero-order valence-electron chi connectivity index (χ0n) is 10.3. The Hall–Kier alpha value is -1.42. The third-order valence-corrected chi connectivity index (χ3v) is 2.62. The van der Waals surface area contributed by atoms with E-state index in [4.69, 9.17) is 5.11 Å². The molecule has 0 spiro atoms. The summed E-state index contributed by atoms with van der Waals surface area (Å²) in [6, 6.07) is 3.86. The standard InChI is InChI=1S/C13H18FNO2/c1-8(2)12(7-16)15-13(17)10-4-9(3)5-11(14)6-10/h4-6,8,12,16H,7H2,1-3H3,(H,15,17)/t12-/m1/s1. The van der Waals surface area contributed by atoms with Crippen LogP contribution in [0, 0.1) is 18.7 Å². The first kappa shape index (κ1) is 13.6. The van der Waals surface area contributed by atoms with Gasteiger partial charge in [0.05, 0.1) is 12.6 Å². The minimum Gasteiger partial charge on any atom is -0.394 e. The van der Waals surface area contributed by atoms with Gasteiger partial charge in [-0.2, -0.15) is 0 Å². The molecule has 1 aromatic rings. The fraction of sp³-hybridized carbons (Fsp3) is 0.462. The number of hydrogen-bond donors (Lipinski definition) is 2. The topological polar surface area (TPSA) is 49.3 Å². The van der Waals surface area contributed by atoms with Crippen molar-refractivity contribution in [2.45, 2.75) is 26.8 Å². The molecule has 0 radical (unpaired) electrons. The van der Waals surface area contributed by atoms with E-state index >= 15 is 0 Å². The Bertz CT molecular complexity index is 384. The Morgan fingerprint density at radius 2 is 2.06 bits per heavy atom. The average molecular weight is 239 g/mol. The summed E-state index contributed by atoms with van der Waals surface area (Å²) in [6.07, 6.45) is 0. The van der Waals surface area contributed by atoms with E-state index in [-0.39, 0.29) is 30.0 Å². The normalized spacial score (nSPS) is 12.6. The van der Waals surface area contributed by atoms with Gasteiger partial charge in [-0.3, -0.25) is 4.79 Å². The lowest BCUT2D eigenvalue weighted by atomic mass is 10.0. The summed E-state index contributed by atoms with van der Waals surface area (Å²) in [6.45, 7) is 5.40. The number of benzene rings is 1. The molecule has 0 aromatic heterocycles. The van der Waals surface area contributed by atoms with Gasteiger partial charge in [-0.05, 0) is 36.6 Å². The number of carbonyl (C=O) groups is 1. The minimum absolute atomic E-state index is 0.124. The molecule has 1 atom stereocenters. The van der Waals surface area contributed by atoms with E-state index in [1.54, 1.807) is 13.0 Å². The Balaban J connectivity index is 2.82. The molecule has 0 fully saturated rings. The maximum Gasteiger partial charge on any atom is 0.251 e. The van der Waals surface area contributed by atoms with Gasteiger partial charge in [0.2, 0.25) is 0 Å². The third kappa shape index (κ3) is 3.82. The molecule has 3 nitrogen and oxygen atoms in total. The summed E-state index contributed by atoms with van der Waals surface area (Å²) < 4.78 is 13.1. The largest absolute Gasteiger partial charge is 0.394 e. The summed E-state index contributed by atoms with van der Waals surface area (Å²) in [5, 5.41) is 11.8. The molecule has 0 heterocycles. The molecule has 1 rings (SSSR count). The minimum atomic E-state index is -0.430. The van der Waals surface area contributed by atoms with Crippen LogP contribution in [0.4, 0.5) is 4.39 Å². The molecule has 1 amide bonds. The molecule has 0 aliphatic heterocycles. The zero-order valence-corrected chi connectivity index (χ0v) is 10.3. The lowest BCUT2D eigenvalue weighted by Crippen LogP contribution is -2.41. The number of nitrogens with one attached hydrogen (secondary N) is 1. The number of aliphatic hydroxyl groups is 1. The van der Waals surface area contributed by atoms with Gasteiger partial charge in [0.15, 0.2) is 0 Å². The van der Waals surface area contributed by atoms with Crippen molar-refractivity contribution in [2.24, 2.45) is 5.92 Å². The van der Waals surface area contributed by atoms with Crippen molar-refractivity contribution >= 4 is 5.91 Å². The maximum absolute atomic E-state index is 13.1. The number of halogens is 1. The molecule has 0 unspecified atom stereocenters. The Labute approximate surface area is 101 Å². The highest BCUT2D eigenvalue weighted by Gasteiger charge is 2.16. The summed E-state index contributed by atoms with van der Waals surface area (Å²) >= 11 is 0. The summed E-state index contributed by atoms with van der Waals surface area (Å²) in [5.74, 6) is -0.667. The molecule has 94 valence electrons. The lowest BCUT2D eigenvalue weighted by molar-refractivity contribution is 0.0896. The van der Waals surface area contributed by atoms with Gasteiger partial charge in [0, 0.05) is 5.56 Å². The van der Waals surface area contributed by atoms with Crippen molar-refractivity contribution in [3.8, 4) is 0 Å². The SMILES string of the molecule is Cc1cc(F)cc(C(=O)N[C@H](CO)C(C)C)c1. The monoisotopic (exact) mass is 239 g/mol. The fourth-order valence-electron chi connectivity index (χ4n) is 1.54. The molecule has 0 saturated heterocycles. The molecule has 0 bridgehead atoms. The summed E-state index contributed by atoms with van der Waals surface area (Å²) in [5.41, 5.74) is 0.974. The Morgan fingerprint density at radius 1 is 1.41 bits per heavy atom. The van der Waals surface area contributed by atoms with Crippen LogP contribution in [-0.4, -0.2) is 23.7 Å². The fourth-order valence-corrected chi connectivity index (χ4v) is 1.54. The Kier molecular flexibility index (Phi) is 4.63. The molecular formula is C13H18FNO2. The van der Waals surface area contributed by atoms with E-state index in [2.05, 4.69) is 5.32 Å². The number of carbonyl (C=O) groups excluding carboxylic acids is 1. The van der Waals surface area contributed by atoms with E-state index in [0.29, 0.717) is 5.56 Å². The van der Waals surface area contributed by atoms with Crippen molar-refractivity contribution in [3.05, 3.63) is 35.1 Å². The zero-order chi connectivity index (χ0) is 13.0. The quantitative estimate of drug-likeness (QED) is 0.842. The molecule has 0 aliphatic carbocycles. The van der Waals surface area contributed by atoms with Crippen molar-refractivity contribution in [1.29, 1.82) is 0 Å². The highest BCUT2D eigenvalue weighted by molar-refractivity contribution is 5.94. The number of hydrogen-bond acceptors (Lipinski definition) is 2. The van der Waals surface area contributed by atoms with Gasteiger partial charge in [-0.15, -0.1) is 0 Å². The smallest absolute Gasteiger partial charge is 0.251 e. The second-order valence-electron chi connectivity index (χ2n) is 4.52. The molecule has 1 aromatic carbocycles. The number of rotatable bonds is 4. The number of aryl methyl sites for hydroxylation is 1. The van der Waals surface area contributed by atoms with Crippen LogP contribution in [0.5, 0.6) is 0 Å². The van der Waals surface area contributed by atoms with Crippen molar-refractivity contribution < 1.29 is 14.3 Å². The van der Waals surface area contributed by atoms with Gasteiger partial charge < -0.3 is 10.4 Å². The van der Waals surface area contributed by atoms with Crippen LogP contribution in [-0.2, 0) is 0 Å². The molecule has 0 saturated carbocycles. The van der Waals surface area contributed by atoms with E-state index in [1.807, 2.05) is 13.8 Å². The summed E-state index contributed by atoms with van der Waals surface area (Å²) in [7, 11) is 0. The first-order valence-corrected chi connectivity index (χ1v) is 5.63. The van der Waals surface area contributed by atoms with Crippen molar-refractivity contribution in [2.75, 3.05) is 6.61 Å². The first-order chi connectivity index (χ1) is 7.93. The van der Waals surface area contributed by atoms with E-state index in [1.165, 1.54) is 12.1 Å². The number of aliphatic hydroxyl groups excluding tert-OH is 1. The highest BCUT2D eigenvalue weighted by Crippen LogP contribution is 2.09. The van der Waals surface area contributed by atoms with Crippen LogP contribution in [0.15, 0.2) is 18.2 Å². The van der Waals surface area contributed by atoms with E-state index in [9.17, 15) is 9.18 Å². The average Bonchev–Trinajstić information content (AvgIpc) is 2.23. The lowest BCUT2D eigenvalue weighted by Gasteiger charge is -2.20. The van der Waals surface area contributed by atoms with Gasteiger partial charge in [0.25, 0.3) is 5.91 Å². The van der Waals surface area contributed by atoms with Crippen LogP contribution in [0.1, 0.15) is 29.8 Å². The molecule has 4 heteroatoms. The van der Waals surface area contributed by atoms with Gasteiger partial charge in [-0.1, -0.05) is 13.8 Å². The van der Waals surface area contributed by atoms with Crippen LogP contribution in [0.25, 0.3) is 0 Å². The second kappa shape index (κ2) is 5.77. The first-order valence-electron chi connectivity index (χ1n) is 5.63. The van der Waals surface area contributed by atoms with Crippen LogP contribution in [0.2, 0.25) is 0 Å². The Morgan fingerprint density at radius 3 is 2.53 bits per heavy atom. The van der Waals surface area contributed by atoms with Crippen LogP contribution >= 0.6 is 0 Å². The third-order valence-electron chi connectivity index (χ3n) is 2.62. The summed E-state index contributed by atoms with van der Waals surface area (Å²) in [4.78, 5) is 11.8. The molecule has 17 heavy (non-hydrogen) atoms.